The second-order valence-electron chi connectivity index (χ2n) is 4.50. The first-order valence-electron chi connectivity index (χ1n) is 6.10. The zero-order valence-corrected chi connectivity index (χ0v) is 12.3. The topological polar surface area (TPSA) is 55.4 Å². The summed E-state index contributed by atoms with van der Waals surface area (Å²) in [5.74, 6) is -0.381. The largest absolute Gasteiger partial charge is 0.452 e. The Morgan fingerprint density at radius 1 is 1.26 bits per heavy atom. The molecule has 1 aromatic rings. The average molecular weight is 281 g/mol. The molecular weight excluding hydrogens is 262 g/mol. The lowest BCUT2D eigenvalue weighted by Gasteiger charge is -2.08. The van der Waals surface area contributed by atoms with Crippen LogP contribution in [0.5, 0.6) is 0 Å². The molecule has 0 heterocycles. The number of ether oxygens (including phenoxy) is 1. The predicted molar refractivity (Wildman–Crippen MR) is 76.4 cm³/mol. The highest BCUT2D eigenvalue weighted by atomic mass is 32.2. The summed E-state index contributed by atoms with van der Waals surface area (Å²) in [4.78, 5) is 24.1. The number of esters is 1. The van der Waals surface area contributed by atoms with E-state index in [-0.39, 0.29) is 12.5 Å². The maximum atomic E-state index is 11.7. The number of carbonyl (C=O) groups is 2. The Kier molecular flexibility index (Phi) is 6.42. The second kappa shape index (κ2) is 7.84. The maximum absolute atomic E-state index is 11.7. The second-order valence-corrected chi connectivity index (χ2v) is 5.38. The van der Waals surface area contributed by atoms with Crippen LogP contribution in [0.2, 0.25) is 0 Å². The van der Waals surface area contributed by atoms with Gasteiger partial charge in [-0.2, -0.15) is 0 Å². The van der Waals surface area contributed by atoms with Gasteiger partial charge < -0.3 is 10.1 Å². The van der Waals surface area contributed by atoms with E-state index in [1.807, 2.05) is 32.2 Å². The molecule has 0 aliphatic carbocycles. The molecule has 104 valence electrons. The van der Waals surface area contributed by atoms with E-state index in [2.05, 4.69) is 5.32 Å². The van der Waals surface area contributed by atoms with E-state index in [1.165, 1.54) is 0 Å². The highest BCUT2D eigenvalue weighted by molar-refractivity contribution is 7.98. The van der Waals surface area contributed by atoms with Gasteiger partial charge in [0.25, 0.3) is 5.91 Å². The molecular formula is C14H19NO3S. The summed E-state index contributed by atoms with van der Waals surface area (Å²) < 4.78 is 4.94. The Labute approximate surface area is 117 Å². The van der Waals surface area contributed by atoms with Crippen molar-refractivity contribution in [2.45, 2.75) is 18.7 Å². The molecule has 0 bridgehead atoms. The Hall–Kier alpha value is -1.49. The van der Waals surface area contributed by atoms with Crippen LogP contribution in [0.4, 0.5) is 0 Å². The number of hydrogen-bond acceptors (Lipinski definition) is 4. The fourth-order valence-electron chi connectivity index (χ4n) is 1.31. The first-order chi connectivity index (χ1) is 9.02. The number of carbonyl (C=O) groups excluding carboxylic acids is 2. The fourth-order valence-corrected chi connectivity index (χ4v) is 1.72. The van der Waals surface area contributed by atoms with E-state index in [1.54, 1.807) is 23.9 Å². The third kappa shape index (κ3) is 5.79. The lowest BCUT2D eigenvalue weighted by Crippen LogP contribution is -2.31. The Morgan fingerprint density at radius 2 is 1.89 bits per heavy atom. The summed E-state index contributed by atoms with van der Waals surface area (Å²) in [6, 6.07) is 7.08. The van der Waals surface area contributed by atoms with E-state index in [0.29, 0.717) is 18.0 Å². The van der Waals surface area contributed by atoms with E-state index in [0.717, 1.165) is 4.90 Å². The minimum absolute atomic E-state index is 0.240. The molecule has 0 aromatic heterocycles. The van der Waals surface area contributed by atoms with Gasteiger partial charge in [-0.15, -0.1) is 11.8 Å². The van der Waals surface area contributed by atoms with Gasteiger partial charge in [-0.05, 0) is 36.4 Å². The third-order valence-corrected chi connectivity index (χ3v) is 3.11. The molecule has 0 atom stereocenters. The number of thioether (sulfide) groups is 1. The molecule has 0 fully saturated rings. The van der Waals surface area contributed by atoms with Gasteiger partial charge >= 0.3 is 5.97 Å². The van der Waals surface area contributed by atoms with Gasteiger partial charge in [-0.25, -0.2) is 4.79 Å². The maximum Gasteiger partial charge on any atom is 0.338 e. The smallest absolute Gasteiger partial charge is 0.338 e. The molecule has 1 N–H and O–H groups in total. The predicted octanol–water partition coefficient (Wildman–Crippen LogP) is 2.34. The first-order valence-corrected chi connectivity index (χ1v) is 7.33. The zero-order valence-electron chi connectivity index (χ0n) is 11.4. The Morgan fingerprint density at radius 3 is 2.42 bits per heavy atom. The third-order valence-electron chi connectivity index (χ3n) is 2.37. The lowest BCUT2D eigenvalue weighted by atomic mass is 10.2. The summed E-state index contributed by atoms with van der Waals surface area (Å²) in [5, 5.41) is 2.69. The standard InChI is InChI=1S/C14H19NO3S/c1-10(2)8-15-13(16)9-18-14(17)11-4-6-12(19-3)7-5-11/h4-7,10H,8-9H2,1-3H3,(H,15,16). The van der Waals surface area contributed by atoms with Crippen molar-refractivity contribution < 1.29 is 14.3 Å². The molecule has 1 amide bonds. The molecule has 0 spiro atoms. The van der Waals surface area contributed by atoms with Crippen LogP contribution >= 0.6 is 11.8 Å². The number of nitrogens with one attached hydrogen (secondary N) is 1. The molecule has 0 unspecified atom stereocenters. The van der Waals surface area contributed by atoms with Crippen molar-refractivity contribution >= 4 is 23.6 Å². The summed E-state index contributed by atoms with van der Waals surface area (Å²) >= 11 is 1.60. The van der Waals surface area contributed by atoms with E-state index < -0.39 is 5.97 Å². The molecule has 0 aliphatic rings. The zero-order chi connectivity index (χ0) is 14.3. The average Bonchev–Trinajstić information content (AvgIpc) is 2.42. The highest BCUT2D eigenvalue weighted by Gasteiger charge is 2.10. The number of rotatable bonds is 6. The van der Waals surface area contributed by atoms with E-state index in [9.17, 15) is 9.59 Å². The molecule has 1 aromatic carbocycles. The first kappa shape index (κ1) is 15.6. The van der Waals surface area contributed by atoms with Crippen LogP contribution in [0, 0.1) is 5.92 Å². The van der Waals surface area contributed by atoms with Crippen molar-refractivity contribution in [1.82, 2.24) is 5.32 Å². The quantitative estimate of drug-likeness (QED) is 0.642. The normalized spacial score (nSPS) is 10.3. The monoisotopic (exact) mass is 281 g/mol. The molecule has 19 heavy (non-hydrogen) atoms. The van der Waals surface area contributed by atoms with Crippen LogP contribution in [-0.4, -0.2) is 31.3 Å². The van der Waals surface area contributed by atoms with Crippen LogP contribution < -0.4 is 5.32 Å². The molecule has 0 aliphatic heterocycles. The van der Waals surface area contributed by atoms with E-state index in [4.69, 9.17) is 4.74 Å². The van der Waals surface area contributed by atoms with Gasteiger partial charge in [0, 0.05) is 11.4 Å². The fraction of sp³-hybridized carbons (Fsp3) is 0.429. The van der Waals surface area contributed by atoms with Gasteiger partial charge in [0.1, 0.15) is 0 Å². The SMILES string of the molecule is CSc1ccc(C(=O)OCC(=O)NCC(C)C)cc1. The molecule has 1 rings (SSSR count). The molecule has 0 radical (unpaired) electrons. The van der Waals surface area contributed by atoms with E-state index >= 15 is 0 Å². The van der Waals surface area contributed by atoms with Gasteiger partial charge in [-0.3, -0.25) is 4.79 Å². The number of benzene rings is 1. The van der Waals surface area contributed by atoms with Crippen molar-refractivity contribution in [3.8, 4) is 0 Å². The van der Waals surface area contributed by atoms with Crippen molar-refractivity contribution in [2.24, 2.45) is 5.92 Å². The summed E-state index contributed by atoms with van der Waals surface area (Å²) in [7, 11) is 0. The van der Waals surface area contributed by atoms with Crippen molar-refractivity contribution in [3.63, 3.8) is 0 Å². The Balaban J connectivity index is 2.40. The number of amides is 1. The summed E-state index contributed by atoms with van der Waals surface area (Å²) in [6.45, 7) is 4.34. The van der Waals surface area contributed by atoms with Crippen molar-refractivity contribution in [2.75, 3.05) is 19.4 Å². The highest BCUT2D eigenvalue weighted by Crippen LogP contribution is 2.15. The molecule has 0 saturated carbocycles. The lowest BCUT2D eigenvalue weighted by molar-refractivity contribution is -0.124. The number of hydrogen-bond donors (Lipinski definition) is 1. The van der Waals surface area contributed by atoms with Gasteiger partial charge in [-0.1, -0.05) is 13.8 Å². The molecule has 0 saturated heterocycles. The van der Waals surface area contributed by atoms with Crippen LogP contribution in [-0.2, 0) is 9.53 Å². The van der Waals surface area contributed by atoms with Crippen LogP contribution in [0.15, 0.2) is 29.2 Å². The molecule has 4 nitrogen and oxygen atoms in total. The van der Waals surface area contributed by atoms with Crippen molar-refractivity contribution in [3.05, 3.63) is 29.8 Å². The van der Waals surface area contributed by atoms with Crippen LogP contribution in [0.1, 0.15) is 24.2 Å². The van der Waals surface area contributed by atoms with Gasteiger partial charge in [0.05, 0.1) is 5.56 Å². The van der Waals surface area contributed by atoms with Crippen molar-refractivity contribution in [1.29, 1.82) is 0 Å². The van der Waals surface area contributed by atoms with Gasteiger partial charge in [0.2, 0.25) is 0 Å². The minimum atomic E-state index is -0.479. The summed E-state index contributed by atoms with van der Waals surface area (Å²) in [5.41, 5.74) is 0.453. The van der Waals surface area contributed by atoms with Crippen LogP contribution in [0.3, 0.4) is 0 Å². The molecule has 5 heteroatoms. The summed E-state index contributed by atoms with van der Waals surface area (Å²) in [6.07, 6.45) is 1.96. The van der Waals surface area contributed by atoms with Gasteiger partial charge in [0.15, 0.2) is 6.61 Å². The van der Waals surface area contributed by atoms with Crippen LogP contribution in [0.25, 0.3) is 0 Å². The minimum Gasteiger partial charge on any atom is -0.452 e. The Bertz CT molecular complexity index is 429.